The molecular weight excluding hydrogens is 234 g/mol. The van der Waals surface area contributed by atoms with Gasteiger partial charge in [-0.1, -0.05) is 0 Å². The lowest BCUT2D eigenvalue weighted by molar-refractivity contribution is 0.0302. The van der Waals surface area contributed by atoms with Crippen LogP contribution in [-0.4, -0.2) is 43.4 Å². The second-order valence-electron chi connectivity index (χ2n) is 4.09. The van der Waals surface area contributed by atoms with Gasteiger partial charge in [0.15, 0.2) is 0 Å². The fourth-order valence-corrected chi connectivity index (χ4v) is 2.44. The van der Waals surface area contributed by atoms with E-state index in [-0.39, 0.29) is 5.91 Å². The van der Waals surface area contributed by atoms with E-state index in [1.807, 2.05) is 30.2 Å². The SMILES string of the molecule is CSc1ccc(C(=O)N2CCOCC2)c(C)c1. The second kappa shape index (κ2) is 5.56. The van der Waals surface area contributed by atoms with E-state index in [1.165, 1.54) is 4.90 Å². The zero-order chi connectivity index (χ0) is 12.3. The summed E-state index contributed by atoms with van der Waals surface area (Å²) >= 11 is 1.69. The number of morpholine rings is 1. The number of thioether (sulfide) groups is 1. The van der Waals surface area contributed by atoms with Crippen molar-refractivity contribution in [3.05, 3.63) is 29.3 Å². The number of hydrogen-bond donors (Lipinski definition) is 0. The number of ether oxygens (including phenoxy) is 1. The van der Waals surface area contributed by atoms with Gasteiger partial charge in [0, 0.05) is 23.5 Å². The van der Waals surface area contributed by atoms with Crippen LogP contribution in [0, 0.1) is 6.92 Å². The zero-order valence-corrected chi connectivity index (χ0v) is 11.0. The monoisotopic (exact) mass is 251 g/mol. The third-order valence-corrected chi connectivity index (χ3v) is 3.69. The highest BCUT2D eigenvalue weighted by Crippen LogP contribution is 2.20. The molecular formula is C13H17NO2S. The van der Waals surface area contributed by atoms with Crippen LogP contribution in [0.1, 0.15) is 15.9 Å². The Morgan fingerprint density at radius 2 is 2.06 bits per heavy atom. The van der Waals surface area contributed by atoms with Crippen LogP contribution in [0.25, 0.3) is 0 Å². The molecule has 1 heterocycles. The van der Waals surface area contributed by atoms with Crippen molar-refractivity contribution in [2.45, 2.75) is 11.8 Å². The van der Waals surface area contributed by atoms with Crippen LogP contribution < -0.4 is 0 Å². The van der Waals surface area contributed by atoms with E-state index in [1.54, 1.807) is 11.8 Å². The van der Waals surface area contributed by atoms with Gasteiger partial charge in [-0.3, -0.25) is 4.79 Å². The number of carbonyl (C=O) groups excluding carboxylic acids is 1. The van der Waals surface area contributed by atoms with Crippen LogP contribution in [0.15, 0.2) is 23.1 Å². The molecule has 92 valence electrons. The van der Waals surface area contributed by atoms with Gasteiger partial charge in [0.05, 0.1) is 13.2 Å². The molecule has 0 spiro atoms. The molecule has 1 saturated heterocycles. The Labute approximate surface area is 106 Å². The Bertz CT molecular complexity index is 414. The molecule has 0 aliphatic carbocycles. The molecule has 0 N–H and O–H groups in total. The minimum absolute atomic E-state index is 0.124. The summed E-state index contributed by atoms with van der Waals surface area (Å²) in [6, 6.07) is 6.00. The summed E-state index contributed by atoms with van der Waals surface area (Å²) in [5.41, 5.74) is 1.86. The number of rotatable bonds is 2. The van der Waals surface area contributed by atoms with Crippen molar-refractivity contribution >= 4 is 17.7 Å². The van der Waals surface area contributed by atoms with Crippen molar-refractivity contribution in [2.75, 3.05) is 32.6 Å². The van der Waals surface area contributed by atoms with Gasteiger partial charge in [-0.05, 0) is 36.9 Å². The highest BCUT2D eigenvalue weighted by Gasteiger charge is 2.19. The van der Waals surface area contributed by atoms with E-state index in [0.29, 0.717) is 26.3 Å². The van der Waals surface area contributed by atoms with Crippen LogP contribution in [0.4, 0.5) is 0 Å². The van der Waals surface area contributed by atoms with Gasteiger partial charge in [-0.15, -0.1) is 11.8 Å². The minimum atomic E-state index is 0.124. The fourth-order valence-electron chi connectivity index (χ4n) is 1.94. The van der Waals surface area contributed by atoms with E-state index in [0.717, 1.165) is 11.1 Å². The van der Waals surface area contributed by atoms with Crippen molar-refractivity contribution in [1.29, 1.82) is 0 Å². The molecule has 1 aromatic rings. The Kier molecular flexibility index (Phi) is 4.07. The van der Waals surface area contributed by atoms with Gasteiger partial charge in [0.25, 0.3) is 5.91 Å². The molecule has 1 amide bonds. The summed E-state index contributed by atoms with van der Waals surface area (Å²) in [6.07, 6.45) is 2.04. The quantitative estimate of drug-likeness (QED) is 0.755. The highest BCUT2D eigenvalue weighted by molar-refractivity contribution is 7.98. The largest absolute Gasteiger partial charge is 0.378 e. The number of hydrogen-bond acceptors (Lipinski definition) is 3. The molecule has 0 unspecified atom stereocenters. The number of amides is 1. The molecule has 4 heteroatoms. The molecule has 0 bridgehead atoms. The molecule has 0 atom stereocenters. The topological polar surface area (TPSA) is 29.5 Å². The van der Waals surface area contributed by atoms with Crippen molar-refractivity contribution < 1.29 is 9.53 Å². The summed E-state index contributed by atoms with van der Waals surface area (Å²) in [5, 5.41) is 0. The van der Waals surface area contributed by atoms with Gasteiger partial charge >= 0.3 is 0 Å². The van der Waals surface area contributed by atoms with E-state index < -0.39 is 0 Å². The molecule has 1 aliphatic rings. The first-order valence-electron chi connectivity index (χ1n) is 5.74. The normalized spacial score (nSPS) is 16.0. The Morgan fingerprint density at radius 3 is 2.65 bits per heavy atom. The maximum absolute atomic E-state index is 12.3. The van der Waals surface area contributed by atoms with Crippen LogP contribution >= 0.6 is 11.8 Å². The second-order valence-corrected chi connectivity index (χ2v) is 4.97. The predicted molar refractivity (Wildman–Crippen MR) is 69.7 cm³/mol. The van der Waals surface area contributed by atoms with Gasteiger partial charge in [0.1, 0.15) is 0 Å². The smallest absolute Gasteiger partial charge is 0.254 e. The molecule has 17 heavy (non-hydrogen) atoms. The van der Waals surface area contributed by atoms with Crippen molar-refractivity contribution in [3.8, 4) is 0 Å². The Balaban J connectivity index is 2.18. The average Bonchev–Trinajstić information content (AvgIpc) is 2.39. The van der Waals surface area contributed by atoms with Crippen molar-refractivity contribution in [1.82, 2.24) is 4.90 Å². The number of aryl methyl sites for hydroxylation is 1. The van der Waals surface area contributed by atoms with Crippen LogP contribution in [0.3, 0.4) is 0 Å². The van der Waals surface area contributed by atoms with Crippen LogP contribution in [0.2, 0.25) is 0 Å². The van der Waals surface area contributed by atoms with E-state index >= 15 is 0 Å². The molecule has 1 fully saturated rings. The number of benzene rings is 1. The van der Waals surface area contributed by atoms with Crippen molar-refractivity contribution in [3.63, 3.8) is 0 Å². The van der Waals surface area contributed by atoms with Crippen molar-refractivity contribution in [2.24, 2.45) is 0 Å². The average molecular weight is 251 g/mol. The first kappa shape index (κ1) is 12.5. The molecule has 2 rings (SSSR count). The Morgan fingerprint density at radius 1 is 1.35 bits per heavy atom. The number of carbonyl (C=O) groups is 1. The van der Waals surface area contributed by atoms with Crippen LogP contribution in [-0.2, 0) is 4.74 Å². The summed E-state index contributed by atoms with van der Waals surface area (Å²) in [4.78, 5) is 15.3. The third kappa shape index (κ3) is 2.82. The first-order valence-corrected chi connectivity index (χ1v) is 6.96. The van der Waals surface area contributed by atoms with Gasteiger partial charge in [-0.2, -0.15) is 0 Å². The summed E-state index contributed by atoms with van der Waals surface area (Å²) in [5.74, 6) is 0.124. The molecule has 0 aromatic heterocycles. The fraction of sp³-hybridized carbons (Fsp3) is 0.462. The van der Waals surface area contributed by atoms with Gasteiger partial charge in [0.2, 0.25) is 0 Å². The highest BCUT2D eigenvalue weighted by atomic mass is 32.2. The van der Waals surface area contributed by atoms with Crippen LogP contribution in [0.5, 0.6) is 0 Å². The first-order chi connectivity index (χ1) is 8.22. The zero-order valence-electron chi connectivity index (χ0n) is 10.2. The lowest BCUT2D eigenvalue weighted by Gasteiger charge is -2.27. The van der Waals surface area contributed by atoms with Gasteiger partial charge < -0.3 is 9.64 Å². The van der Waals surface area contributed by atoms with E-state index in [2.05, 4.69) is 6.07 Å². The summed E-state index contributed by atoms with van der Waals surface area (Å²) in [6.45, 7) is 4.68. The molecule has 1 aliphatic heterocycles. The lowest BCUT2D eigenvalue weighted by atomic mass is 10.1. The maximum Gasteiger partial charge on any atom is 0.254 e. The number of nitrogens with zero attached hydrogens (tertiary/aromatic N) is 1. The minimum Gasteiger partial charge on any atom is -0.378 e. The molecule has 3 nitrogen and oxygen atoms in total. The molecule has 0 radical (unpaired) electrons. The molecule has 0 saturated carbocycles. The third-order valence-electron chi connectivity index (χ3n) is 2.96. The van der Waals surface area contributed by atoms with E-state index in [4.69, 9.17) is 4.74 Å². The summed E-state index contributed by atoms with van der Waals surface area (Å²) in [7, 11) is 0. The summed E-state index contributed by atoms with van der Waals surface area (Å²) < 4.78 is 5.26. The Hall–Kier alpha value is -1.00. The maximum atomic E-state index is 12.3. The molecule has 1 aromatic carbocycles. The van der Waals surface area contributed by atoms with Gasteiger partial charge in [-0.25, -0.2) is 0 Å². The standard InChI is InChI=1S/C13H17NO2S/c1-10-9-11(17-2)3-4-12(10)13(15)14-5-7-16-8-6-14/h3-4,9H,5-8H2,1-2H3. The predicted octanol–water partition coefficient (Wildman–Crippen LogP) is 2.19. The lowest BCUT2D eigenvalue weighted by Crippen LogP contribution is -2.40. The van der Waals surface area contributed by atoms with E-state index in [9.17, 15) is 4.79 Å².